The van der Waals surface area contributed by atoms with E-state index >= 15 is 0 Å². The van der Waals surface area contributed by atoms with Crippen LogP contribution in [0, 0.1) is 17.6 Å². The van der Waals surface area contributed by atoms with Gasteiger partial charge in [-0.05, 0) is 80.5 Å². The molecule has 0 amide bonds. The Morgan fingerprint density at radius 1 is 1.03 bits per heavy atom. The number of pyridine rings is 1. The Balaban J connectivity index is 1.43. The maximum absolute atomic E-state index is 14.3. The Morgan fingerprint density at radius 3 is 2.53 bits per heavy atom. The molecule has 0 N–H and O–H groups in total. The molecular weight excluding hydrogens is 404 g/mol. The number of allylic oxidation sites excluding steroid dienone is 2. The van der Waals surface area contributed by atoms with Gasteiger partial charge in [-0.25, -0.2) is 4.39 Å². The molecule has 0 atom stereocenters. The molecule has 0 spiro atoms. The summed E-state index contributed by atoms with van der Waals surface area (Å²) in [6.07, 6.45) is 16.7. The van der Waals surface area contributed by atoms with E-state index in [0.29, 0.717) is 43.3 Å². The predicted octanol–water partition coefficient (Wildman–Crippen LogP) is 7.73. The number of nitrogens with zero attached hydrogens (tertiary/aromatic N) is 1. The molecule has 2 aromatic rings. The van der Waals surface area contributed by atoms with E-state index in [-0.39, 0.29) is 5.75 Å². The summed E-state index contributed by atoms with van der Waals surface area (Å²) in [4.78, 5) is 4.70. The lowest BCUT2D eigenvalue weighted by atomic mass is 9.80. The summed E-state index contributed by atoms with van der Waals surface area (Å²) in [5.74, 6) is -0.611. The van der Waals surface area contributed by atoms with Gasteiger partial charge in [-0.2, -0.15) is 4.39 Å². The highest BCUT2D eigenvalue weighted by molar-refractivity contribution is 5.31. The minimum atomic E-state index is -0.898. The average molecular weight is 440 g/mol. The first-order valence-corrected chi connectivity index (χ1v) is 11.9. The molecule has 0 unspecified atom stereocenters. The highest BCUT2D eigenvalue weighted by atomic mass is 19.2. The van der Waals surface area contributed by atoms with Gasteiger partial charge in [0.2, 0.25) is 5.82 Å². The van der Waals surface area contributed by atoms with Crippen molar-refractivity contribution in [3.63, 3.8) is 0 Å². The van der Waals surface area contributed by atoms with Crippen molar-refractivity contribution in [3.05, 3.63) is 83.7 Å². The quantitative estimate of drug-likeness (QED) is 0.264. The van der Waals surface area contributed by atoms with Crippen LogP contribution < -0.4 is 4.74 Å². The summed E-state index contributed by atoms with van der Waals surface area (Å²) < 4.78 is 33.8. The molecule has 1 aromatic heterocycles. The van der Waals surface area contributed by atoms with Gasteiger partial charge in [0.1, 0.15) is 0 Å². The number of aromatic nitrogens is 1. The molecule has 2 nitrogen and oxygen atoms in total. The lowest BCUT2D eigenvalue weighted by molar-refractivity contribution is 0.301. The van der Waals surface area contributed by atoms with Crippen molar-refractivity contribution in [1.82, 2.24) is 4.98 Å². The number of rotatable bonds is 11. The zero-order valence-corrected chi connectivity index (χ0v) is 19.2. The first-order chi connectivity index (χ1) is 15.6. The van der Waals surface area contributed by atoms with Crippen LogP contribution in [0.4, 0.5) is 8.78 Å². The maximum Gasteiger partial charge on any atom is 0.200 e. The van der Waals surface area contributed by atoms with Crippen molar-refractivity contribution < 1.29 is 13.5 Å². The van der Waals surface area contributed by atoms with E-state index in [1.165, 1.54) is 17.3 Å². The van der Waals surface area contributed by atoms with Crippen LogP contribution in [0.3, 0.4) is 0 Å². The van der Waals surface area contributed by atoms with E-state index < -0.39 is 11.6 Å². The van der Waals surface area contributed by atoms with E-state index in [1.807, 2.05) is 6.20 Å². The maximum atomic E-state index is 14.3. The van der Waals surface area contributed by atoms with Crippen LogP contribution in [0.2, 0.25) is 0 Å². The summed E-state index contributed by atoms with van der Waals surface area (Å²) in [6, 6.07) is 7.57. The van der Waals surface area contributed by atoms with Crippen molar-refractivity contribution in [3.8, 4) is 5.75 Å². The van der Waals surface area contributed by atoms with Crippen LogP contribution in [-0.2, 0) is 12.8 Å². The minimum absolute atomic E-state index is 0.0325. The van der Waals surface area contributed by atoms with E-state index in [2.05, 4.69) is 37.8 Å². The molecule has 3 rings (SSSR count). The van der Waals surface area contributed by atoms with Gasteiger partial charge in [0.25, 0.3) is 0 Å². The van der Waals surface area contributed by atoms with Crippen LogP contribution in [0.15, 0.2) is 55.3 Å². The van der Waals surface area contributed by atoms with Crippen molar-refractivity contribution in [2.75, 3.05) is 6.61 Å². The summed E-state index contributed by atoms with van der Waals surface area (Å²) in [5, 5.41) is 0. The second-order valence-electron chi connectivity index (χ2n) is 8.70. The van der Waals surface area contributed by atoms with Crippen LogP contribution >= 0.6 is 0 Å². The molecule has 1 aliphatic rings. The first-order valence-electron chi connectivity index (χ1n) is 11.9. The monoisotopic (exact) mass is 439 g/mol. The Labute approximate surface area is 191 Å². The standard InChI is InChI=1S/C28H35F2NO/c1-3-5-19-32-26-18-16-24(27(29)28(26)30)10-7-6-9-21-11-14-23(15-12-21)25-17-13-22(8-4-2)20-31-25/h3,6,9,13,16-18,20-21,23H,1,4-5,7-8,10-12,14-15,19H2,2H3/b9-6+. The Hall–Kier alpha value is -2.49. The highest BCUT2D eigenvalue weighted by Crippen LogP contribution is 2.35. The fourth-order valence-electron chi connectivity index (χ4n) is 4.38. The summed E-state index contributed by atoms with van der Waals surface area (Å²) >= 11 is 0. The molecule has 0 bridgehead atoms. The van der Waals surface area contributed by atoms with Crippen LogP contribution in [0.5, 0.6) is 5.75 Å². The number of hydrogen-bond acceptors (Lipinski definition) is 2. The van der Waals surface area contributed by atoms with Gasteiger partial charge in [-0.15, -0.1) is 6.58 Å². The number of ether oxygens (including phenoxy) is 1. The van der Waals surface area contributed by atoms with E-state index in [0.717, 1.165) is 38.5 Å². The zero-order valence-electron chi connectivity index (χ0n) is 19.2. The number of benzene rings is 1. The van der Waals surface area contributed by atoms with Gasteiger partial charge in [0.05, 0.1) is 6.61 Å². The minimum Gasteiger partial charge on any atom is -0.490 e. The fraction of sp³-hybridized carbons (Fsp3) is 0.464. The van der Waals surface area contributed by atoms with Gasteiger partial charge < -0.3 is 4.74 Å². The second-order valence-corrected chi connectivity index (χ2v) is 8.70. The second kappa shape index (κ2) is 12.5. The number of halogens is 2. The van der Waals surface area contributed by atoms with Gasteiger partial charge >= 0.3 is 0 Å². The SMILES string of the molecule is C=CCCOc1ccc(CC/C=C/C2CCC(c3ccc(CCC)cn3)CC2)c(F)c1F. The van der Waals surface area contributed by atoms with Gasteiger partial charge in [-0.1, -0.05) is 43.7 Å². The molecule has 1 aromatic carbocycles. The lowest BCUT2D eigenvalue weighted by Crippen LogP contribution is -2.13. The number of hydrogen-bond donors (Lipinski definition) is 0. The fourth-order valence-corrected chi connectivity index (χ4v) is 4.38. The molecule has 4 heteroatoms. The zero-order chi connectivity index (χ0) is 22.8. The Kier molecular flexibility index (Phi) is 9.45. The Morgan fingerprint density at radius 2 is 1.84 bits per heavy atom. The highest BCUT2D eigenvalue weighted by Gasteiger charge is 2.21. The van der Waals surface area contributed by atoms with Crippen LogP contribution in [0.25, 0.3) is 0 Å². The van der Waals surface area contributed by atoms with Crippen molar-refractivity contribution in [2.24, 2.45) is 5.92 Å². The van der Waals surface area contributed by atoms with Gasteiger partial charge in [-0.3, -0.25) is 4.98 Å². The molecule has 0 saturated heterocycles. The molecule has 1 saturated carbocycles. The molecule has 32 heavy (non-hydrogen) atoms. The van der Waals surface area contributed by atoms with E-state index in [4.69, 9.17) is 9.72 Å². The topological polar surface area (TPSA) is 22.1 Å². The molecule has 0 aliphatic heterocycles. The van der Waals surface area contributed by atoms with E-state index in [1.54, 1.807) is 12.1 Å². The largest absolute Gasteiger partial charge is 0.490 e. The van der Waals surface area contributed by atoms with Gasteiger partial charge in [0, 0.05) is 17.8 Å². The van der Waals surface area contributed by atoms with Crippen molar-refractivity contribution in [2.45, 2.75) is 70.6 Å². The molecule has 172 valence electrons. The summed E-state index contributed by atoms with van der Waals surface area (Å²) in [6.45, 7) is 6.08. The van der Waals surface area contributed by atoms with Crippen LogP contribution in [-0.4, -0.2) is 11.6 Å². The smallest absolute Gasteiger partial charge is 0.200 e. The van der Waals surface area contributed by atoms with Crippen molar-refractivity contribution in [1.29, 1.82) is 0 Å². The predicted molar refractivity (Wildman–Crippen MR) is 127 cm³/mol. The van der Waals surface area contributed by atoms with Crippen LogP contribution in [0.1, 0.15) is 74.6 Å². The lowest BCUT2D eigenvalue weighted by Gasteiger charge is -2.26. The van der Waals surface area contributed by atoms with Gasteiger partial charge in [0.15, 0.2) is 11.6 Å². The molecule has 1 heterocycles. The normalized spacial score (nSPS) is 18.7. The van der Waals surface area contributed by atoms with E-state index in [9.17, 15) is 8.78 Å². The molecule has 0 radical (unpaired) electrons. The van der Waals surface area contributed by atoms with Crippen molar-refractivity contribution >= 4 is 0 Å². The first kappa shape index (κ1) is 24.2. The third kappa shape index (κ3) is 6.75. The molecule has 1 fully saturated rings. The third-order valence-electron chi connectivity index (χ3n) is 6.27. The summed E-state index contributed by atoms with van der Waals surface area (Å²) in [5.41, 5.74) is 2.94. The molecular formula is C28H35F2NO. The third-order valence-corrected chi connectivity index (χ3v) is 6.27. The summed E-state index contributed by atoms with van der Waals surface area (Å²) in [7, 11) is 0. The Bertz CT molecular complexity index is 883. The average Bonchev–Trinajstić information content (AvgIpc) is 2.82. The number of aryl methyl sites for hydroxylation is 2. The molecule has 1 aliphatic carbocycles.